The Labute approximate surface area is 144 Å². The molecule has 0 aliphatic carbocycles. The van der Waals surface area contributed by atoms with Gasteiger partial charge in [0, 0.05) is 18.6 Å². The van der Waals surface area contributed by atoms with Crippen LogP contribution in [0.15, 0.2) is 36.7 Å². The third kappa shape index (κ3) is 2.71. The van der Waals surface area contributed by atoms with Gasteiger partial charge in [0.2, 0.25) is 5.95 Å². The van der Waals surface area contributed by atoms with Crippen molar-refractivity contribution in [1.82, 2.24) is 34.7 Å². The minimum absolute atomic E-state index is 0.240. The highest BCUT2D eigenvalue weighted by atomic mass is 15.4. The monoisotopic (exact) mass is 334 g/mol. The van der Waals surface area contributed by atoms with Gasteiger partial charge in [0.15, 0.2) is 0 Å². The first kappa shape index (κ1) is 15.3. The molecule has 4 aromatic rings. The normalized spacial score (nSPS) is 11.3. The van der Waals surface area contributed by atoms with Crippen molar-refractivity contribution >= 4 is 16.9 Å². The molecular weight excluding hydrogens is 316 g/mol. The summed E-state index contributed by atoms with van der Waals surface area (Å²) in [5.41, 5.74) is 10.4. The smallest absolute Gasteiger partial charge is 0.221 e. The van der Waals surface area contributed by atoms with E-state index in [1.165, 1.54) is 0 Å². The number of aromatic nitrogens is 7. The van der Waals surface area contributed by atoms with Crippen LogP contribution >= 0.6 is 0 Å². The number of nitrogens with two attached hydrogens (primary N) is 1. The third-order valence-corrected chi connectivity index (χ3v) is 4.24. The maximum absolute atomic E-state index is 5.93. The summed E-state index contributed by atoms with van der Waals surface area (Å²) in [4.78, 5) is 8.82. The molecule has 3 aromatic heterocycles. The molecule has 3 heterocycles. The number of fused-ring (bicyclic) bond motifs is 1. The lowest BCUT2D eigenvalue weighted by Gasteiger charge is -2.07. The maximum atomic E-state index is 5.93. The van der Waals surface area contributed by atoms with Crippen molar-refractivity contribution in [3.63, 3.8) is 0 Å². The summed E-state index contributed by atoms with van der Waals surface area (Å²) in [7, 11) is 1.90. The van der Waals surface area contributed by atoms with Crippen molar-refractivity contribution in [3.05, 3.63) is 47.9 Å². The lowest BCUT2D eigenvalue weighted by molar-refractivity contribution is 0.600. The van der Waals surface area contributed by atoms with Gasteiger partial charge in [-0.25, -0.2) is 14.6 Å². The molecule has 0 radical (unpaired) electrons. The molecule has 0 bridgehead atoms. The summed E-state index contributed by atoms with van der Waals surface area (Å²) < 4.78 is 3.58. The quantitative estimate of drug-likeness (QED) is 0.611. The number of aryl methyl sites for hydroxylation is 2. The van der Waals surface area contributed by atoms with Crippen LogP contribution in [-0.2, 0) is 20.0 Å². The van der Waals surface area contributed by atoms with Crippen LogP contribution in [0.5, 0.6) is 0 Å². The number of hydrogen-bond donors (Lipinski definition) is 1. The first-order valence-electron chi connectivity index (χ1n) is 8.08. The Kier molecular flexibility index (Phi) is 3.64. The van der Waals surface area contributed by atoms with Gasteiger partial charge < -0.3 is 5.73 Å². The van der Waals surface area contributed by atoms with Gasteiger partial charge in [0.25, 0.3) is 0 Å². The molecular formula is C17H18N8. The fraction of sp³-hybridized carbons (Fsp3) is 0.235. The van der Waals surface area contributed by atoms with Crippen LogP contribution in [0.3, 0.4) is 0 Å². The SMILES string of the molecule is CCc1cccc2c(-c3cn(Cc4ccnn4C)nn3)nc(N)nc12. The topological polar surface area (TPSA) is 100 Å². The molecule has 0 amide bonds. The molecule has 0 saturated heterocycles. The Hall–Kier alpha value is -3.29. The predicted molar refractivity (Wildman–Crippen MR) is 94.7 cm³/mol. The number of para-hydroxylation sites is 1. The Balaban J connectivity index is 1.79. The molecule has 126 valence electrons. The zero-order chi connectivity index (χ0) is 17.4. The van der Waals surface area contributed by atoms with Crippen molar-refractivity contribution in [2.75, 3.05) is 5.73 Å². The summed E-state index contributed by atoms with van der Waals surface area (Å²) in [6.07, 6.45) is 4.51. The van der Waals surface area contributed by atoms with Crippen molar-refractivity contribution in [1.29, 1.82) is 0 Å². The van der Waals surface area contributed by atoms with Gasteiger partial charge in [-0.15, -0.1) is 5.10 Å². The van der Waals surface area contributed by atoms with E-state index < -0.39 is 0 Å². The summed E-state index contributed by atoms with van der Waals surface area (Å²) in [6.45, 7) is 2.68. The van der Waals surface area contributed by atoms with E-state index >= 15 is 0 Å². The van der Waals surface area contributed by atoms with E-state index in [1.54, 1.807) is 10.9 Å². The molecule has 1 aromatic carbocycles. The molecule has 0 fully saturated rings. The number of hydrogen-bond acceptors (Lipinski definition) is 6. The second-order valence-electron chi connectivity index (χ2n) is 5.84. The lowest BCUT2D eigenvalue weighted by atomic mass is 10.1. The fourth-order valence-corrected chi connectivity index (χ4v) is 2.92. The van der Waals surface area contributed by atoms with E-state index in [0.717, 1.165) is 28.6 Å². The Bertz CT molecular complexity index is 1050. The van der Waals surface area contributed by atoms with Gasteiger partial charge in [-0.1, -0.05) is 30.3 Å². The van der Waals surface area contributed by atoms with E-state index in [1.807, 2.05) is 36.1 Å². The minimum atomic E-state index is 0.240. The molecule has 2 N–H and O–H groups in total. The second-order valence-corrected chi connectivity index (χ2v) is 5.84. The third-order valence-electron chi connectivity index (χ3n) is 4.24. The molecule has 0 aliphatic heterocycles. The van der Waals surface area contributed by atoms with Crippen LogP contribution in [0, 0.1) is 0 Å². The van der Waals surface area contributed by atoms with Crippen LogP contribution < -0.4 is 5.73 Å². The van der Waals surface area contributed by atoms with E-state index in [0.29, 0.717) is 17.9 Å². The summed E-state index contributed by atoms with van der Waals surface area (Å²) in [5.74, 6) is 0.240. The maximum Gasteiger partial charge on any atom is 0.221 e. The second kappa shape index (κ2) is 5.97. The van der Waals surface area contributed by atoms with E-state index in [4.69, 9.17) is 5.73 Å². The van der Waals surface area contributed by atoms with Gasteiger partial charge in [0.05, 0.1) is 24.0 Å². The van der Waals surface area contributed by atoms with Crippen molar-refractivity contribution in [3.8, 4) is 11.4 Å². The van der Waals surface area contributed by atoms with Crippen LogP contribution in [0.1, 0.15) is 18.2 Å². The zero-order valence-corrected chi connectivity index (χ0v) is 14.1. The number of benzene rings is 1. The van der Waals surface area contributed by atoms with Gasteiger partial charge in [-0.2, -0.15) is 5.10 Å². The Morgan fingerprint density at radius 3 is 2.80 bits per heavy atom. The van der Waals surface area contributed by atoms with E-state index in [-0.39, 0.29) is 5.95 Å². The van der Waals surface area contributed by atoms with Crippen molar-refractivity contribution < 1.29 is 0 Å². The summed E-state index contributed by atoms with van der Waals surface area (Å²) in [6, 6.07) is 8.00. The summed E-state index contributed by atoms with van der Waals surface area (Å²) in [5, 5.41) is 13.6. The van der Waals surface area contributed by atoms with Gasteiger partial charge in [-0.3, -0.25) is 4.68 Å². The van der Waals surface area contributed by atoms with Gasteiger partial charge in [-0.05, 0) is 18.1 Å². The van der Waals surface area contributed by atoms with Crippen molar-refractivity contribution in [2.45, 2.75) is 19.9 Å². The average Bonchev–Trinajstić information content (AvgIpc) is 3.23. The van der Waals surface area contributed by atoms with Crippen LogP contribution in [0.4, 0.5) is 5.95 Å². The predicted octanol–water partition coefficient (Wildman–Crippen LogP) is 1.81. The first-order chi connectivity index (χ1) is 12.2. The summed E-state index contributed by atoms with van der Waals surface area (Å²) >= 11 is 0. The Morgan fingerprint density at radius 1 is 1.16 bits per heavy atom. The van der Waals surface area contributed by atoms with Gasteiger partial charge in [0.1, 0.15) is 11.4 Å². The largest absolute Gasteiger partial charge is 0.368 e. The number of rotatable bonds is 4. The standard InChI is InChI=1S/C17H18N8/c1-3-11-5-4-6-13-15(11)20-17(18)21-16(13)14-10-25(23-22-14)9-12-7-8-19-24(12)2/h4-8,10H,3,9H2,1-2H3,(H2,18,20,21). The zero-order valence-electron chi connectivity index (χ0n) is 14.1. The minimum Gasteiger partial charge on any atom is -0.368 e. The number of nitrogen functional groups attached to an aromatic ring is 1. The highest BCUT2D eigenvalue weighted by Gasteiger charge is 2.14. The average molecular weight is 334 g/mol. The number of anilines is 1. The molecule has 0 unspecified atom stereocenters. The first-order valence-corrected chi connectivity index (χ1v) is 8.08. The number of nitrogens with zero attached hydrogens (tertiary/aromatic N) is 7. The Morgan fingerprint density at radius 2 is 2.04 bits per heavy atom. The van der Waals surface area contributed by atoms with Crippen LogP contribution in [0.2, 0.25) is 0 Å². The van der Waals surface area contributed by atoms with Crippen LogP contribution in [-0.4, -0.2) is 34.7 Å². The van der Waals surface area contributed by atoms with E-state index in [2.05, 4.69) is 38.4 Å². The molecule has 8 nitrogen and oxygen atoms in total. The molecule has 0 saturated carbocycles. The highest BCUT2D eigenvalue weighted by molar-refractivity contribution is 5.93. The van der Waals surface area contributed by atoms with E-state index in [9.17, 15) is 0 Å². The fourth-order valence-electron chi connectivity index (χ4n) is 2.92. The van der Waals surface area contributed by atoms with Gasteiger partial charge >= 0.3 is 0 Å². The molecule has 0 spiro atoms. The highest BCUT2D eigenvalue weighted by Crippen LogP contribution is 2.27. The molecule has 8 heteroatoms. The lowest BCUT2D eigenvalue weighted by Crippen LogP contribution is -2.06. The molecule has 0 atom stereocenters. The van der Waals surface area contributed by atoms with Crippen molar-refractivity contribution in [2.24, 2.45) is 7.05 Å². The molecule has 4 rings (SSSR count). The van der Waals surface area contributed by atoms with Crippen LogP contribution in [0.25, 0.3) is 22.3 Å². The molecule has 25 heavy (non-hydrogen) atoms. The molecule has 0 aliphatic rings.